The SMILES string of the molecule is CCOc1ccccc1C(=O)N1CCN(Cc2nc3c(s2)CCC3)CC1. The average molecular weight is 372 g/mol. The number of benzene rings is 1. The van der Waals surface area contributed by atoms with Crippen LogP contribution in [-0.4, -0.2) is 53.5 Å². The highest BCUT2D eigenvalue weighted by Gasteiger charge is 2.25. The molecule has 1 fully saturated rings. The zero-order chi connectivity index (χ0) is 17.9. The van der Waals surface area contributed by atoms with Gasteiger partial charge in [-0.1, -0.05) is 12.1 Å². The lowest BCUT2D eigenvalue weighted by Gasteiger charge is -2.34. The maximum atomic E-state index is 12.9. The van der Waals surface area contributed by atoms with E-state index in [9.17, 15) is 4.79 Å². The summed E-state index contributed by atoms with van der Waals surface area (Å²) in [6, 6.07) is 7.53. The van der Waals surface area contributed by atoms with E-state index in [-0.39, 0.29) is 5.91 Å². The lowest BCUT2D eigenvalue weighted by Crippen LogP contribution is -2.48. The molecule has 0 spiro atoms. The Bertz CT molecular complexity index is 760. The molecule has 2 heterocycles. The van der Waals surface area contributed by atoms with Gasteiger partial charge in [-0.15, -0.1) is 11.3 Å². The minimum Gasteiger partial charge on any atom is -0.493 e. The van der Waals surface area contributed by atoms with Crippen molar-refractivity contribution >= 4 is 17.2 Å². The molecule has 0 bridgehead atoms. The summed E-state index contributed by atoms with van der Waals surface area (Å²) in [5, 5.41) is 1.23. The fraction of sp³-hybridized carbons (Fsp3) is 0.500. The first-order valence-corrected chi connectivity index (χ1v) is 10.3. The molecule has 5 nitrogen and oxygen atoms in total. The Morgan fingerprint density at radius 3 is 2.77 bits per heavy atom. The van der Waals surface area contributed by atoms with Gasteiger partial charge in [0.25, 0.3) is 5.91 Å². The van der Waals surface area contributed by atoms with Gasteiger partial charge in [-0.3, -0.25) is 9.69 Å². The molecule has 2 aromatic rings. The second kappa shape index (κ2) is 7.76. The molecule has 0 atom stereocenters. The van der Waals surface area contributed by atoms with Crippen LogP contribution in [0.4, 0.5) is 0 Å². The monoisotopic (exact) mass is 371 g/mol. The van der Waals surface area contributed by atoms with Crippen molar-refractivity contribution in [2.75, 3.05) is 32.8 Å². The third-order valence-corrected chi connectivity index (χ3v) is 6.22. The second-order valence-corrected chi connectivity index (χ2v) is 8.00. The first-order chi connectivity index (χ1) is 12.7. The van der Waals surface area contributed by atoms with Crippen LogP contribution in [0.25, 0.3) is 0 Å². The van der Waals surface area contributed by atoms with Gasteiger partial charge in [-0.2, -0.15) is 0 Å². The van der Waals surface area contributed by atoms with Gasteiger partial charge in [0.1, 0.15) is 10.8 Å². The number of para-hydroxylation sites is 1. The lowest BCUT2D eigenvalue weighted by molar-refractivity contribution is 0.0624. The molecule has 1 aliphatic heterocycles. The highest BCUT2D eigenvalue weighted by molar-refractivity contribution is 7.11. The number of hydrogen-bond donors (Lipinski definition) is 0. The number of fused-ring (bicyclic) bond motifs is 1. The van der Waals surface area contributed by atoms with E-state index in [2.05, 4.69) is 4.90 Å². The maximum Gasteiger partial charge on any atom is 0.257 e. The Hall–Kier alpha value is -1.92. The predicted molar refractivity (Wildman–Crippen MR) is 103 cm³/mol. The molecular formula is C20H25N3O2S. The summed E-state index contributed by atoms with van der Waals surface area (Å²) in [6.45, 7) is 6.72. The lowest BCUT2D eigenvalue weighted by atomic mass is 10.1. The molecule has 0 radical (unpaired) electrons. The van der Waals surface area contributed by atoms with Crippen LogP contribution < -0.4 is 4.74 Å². The molecule has 4 rings (SSSR count). The molecule has 1 amide bonds. The first-order valence-electron chi connectivity index (χ1n) is 9.45. The fourth-order valence-corrected chi connectivity index (χ4v) is 4.91. The van der Waals surface area contributed by atoms with Gasteiger partial charge in [0.05, 0.1) is 24.4 Å². The molecule has 6 heteroatoms. The second-order valence-electron chi connectivity index (χ2n) is 6.83. The molecule has 1 aliphatic carbocycles. The van der Waals surface area contributed by atoms with E-state index >= 15 is 0 Å². The number of piperazine rings is 1. The van der Waals surface area contributed by atoms with Crippen LogP contribution in [0.15, 0.2) is 24.3 Å². The van der Waals surface area contributed by atoms with E-state index in [1.807, 2.05) is 47.4 Å². The molecule has 138 valence electrons. The number of ether oxygens (including phenoxy) is 1. The van der Waals surface area contributed by atoms with Crippen LogP contribution in [0.5, 0.6) is 5.75 Å². The molecule has 1 aromatic heterocycles. The highest BCUT2D eigenvalue weighted by atomic mass is 32.1. The van der Waals surface area contributed by atoms with Crippen molar-refractivity contribution in [3.8, 4) is 5.75 Å². The molecule has 0 N–H and O–H groups in total. The summed E-state index contributed by atoms with van der Waals surface area (Å²) < 4.78 is 5.61. The van der Waals surface area contributed by atoms with E-state index in [0.717, 1.165) is 39.1 Å². The molecule has 0 unspecified atom stereocenters. The number of nitrogens with zero attached hydrogens (tertiary/aromatic N) is 3. The van der Waals surface area contributed by atoms with Crippen LogP contribution in [-0.2, 0) is 19.4 Å². The van der Waals surface area contributed by atoms with Gasteiger partial charge in [0, 0.05) is 31.1 Å². The highest BCUT2D eigenvalue weighted by Crippen LogP contribution is 2.28. The maximum absolute atomic E-state index is 12.9. The van der Waals surface area contributed by atoms with Crippen molar-refractivity contribution in [1.82, 2.24) is 14.8 Å². The summed E-state index contributed by atoms with van der Waals surface area (Å²) in [6.07, 6.45) is 3.61. The van der Waals surface area contributed by atoms with Gasteiger partial charge in [-0.25, -0.2) is 4.98 Å². The first kappa shape index (κ1) is 17.5. The summed E-state index contributed by atoms with van der Waals surface area (Å²) >= 11 is 1.88. The van der Waals surface area contributed by atoms with E-state index in [4.69, 9.17) is 9.72 Å². The molecule has 2 aliphatic rings. The summed E-state index contributed by atoms with van der Waals surface area (Å²) in [5.41, 5.74) is 1.99. The number of amides is 1. The summed E-state index contributed by atoms with van der Waals surface area (Å²) in [4.78, 5) is 23.5. The number of thiazole rings is 1. The largest absolute Gasteiger partial charge is 0.493 e. The zero-order valence-corrected chi connectivity index (χ0v) is 16.1. The number of carbonyl (C=O) groups excluding carboxylic acids is 1. The molecular weight excluding hydrogens is 346 g/mol. The topological polar surface area (TPSA) is 45.7 Å². The Morgan fingerprint density at radius 1 is 1.19 bits per heavy atom. The van der Waals surface area contributed by atoms with E-state index in [1.165, 1.54) is 28.4 Å². The molecule has 1 aromatic carbocycles. The number of carbonyl (C=O) groups is 1. The minimum absolute atomic E-state index is 0.0712. The average Bonchev–Trinajstić information content (AvgIpc) is 3.24. The predicted octanol–water partition coefficient (Wildman–Crippen LogP) is 2.99. The van der Waals surface area contributed by atoms with Gasteiger partial charge >= 0.3 is 0 Å². The van der Waals surface area contributed by atoms with Crippen LogP contribution in [0.2, 0.25) is 0 Å². The van der Waals surface area contributed by atoms with Gasteiger partial charge < -0.3 is 9.64 Å². The summed E-state index contributed by atoms with van der Waals surface area (Å²) in [5.74, 6) is 0.752. The minimum atomic E-state index is 0.0712. The Labute approximate surface area is 158 Å². The van der Waals surface area contributed by atoms with Gasteiger partial charge in [0.2, 0.25) is 0 Å². The zero-order valence-electron chi connectivity index (χ0n) is 15.2. The van der Waals surface area contributed by atoms with Crippen molar-refractivity contribution in [3.63, 3.8) is 0 Å². The van der Waals surface area contributed by atoms with Crippen LogP contribution >= 0.6 is 11.3 Å². The number of aryl methyl sites for hydroxylation is 2. The Balaban J connectivity index is 1.35. The van der Waals surface area contributed by atoms with Crippen molar-refractivity contribution < 1.29 is 9.53 Å². The third-order valence-electron chi connectivity index (χ3n) is 5.08. The Morgan fingerprint density at radius 2 is 2.00 bits per heavy atom. The molecule has 26 heavy (non-hydrogen) atoms. The quantitative estimate of drug-likeness (QED) is 0.811. The summed E-state index contributed by atoms with van der Waals surface area (Å²) in [7, 11) is 0. The number of aromatic nitrogens is 1. The third kappa shape index (κ3) is 3.62. The van der Waals surface area contributed by atoms with Crippen molar-refractivity contribution in [2.45, 2.75) is 32.7 Å². The normalized spacial score (nSPS) is 17.3. The molecule has 1 saturated heterocycles. The van der Waals surface area contributed by atoms with Crippen molar-refractivity contribution in [3.05, 3.63) is 45.4 Å². The van der Waals surface area contributed by atoms with Crippen LogP contribution in [0.3, 0.4) is 0 Å². The van der Waals surface area contributed by atoms with Gasteiger partial charge in [-0.05, 0) is 38.3 Å². The number of rotatable bonds is 5. The fourth-order valence-electron chi connectivity index (χ4n) is 3.71. The van der Waals surface area contributed by atoms with E-state index < -0.39 is 0 Å². The smallest absolute Gasteiger partial charge is 0.257 e. The molecule has 0 saturated carbocycles. The van der Waals surface area contributed by atoms with E-state index in [0.29, 0.717) is 17.9 Å². The van der Waals surface area contributed by atoms with Crippen molar-refractivity contribution in [1.29, 1.82) is 0 Å². The van der Waals surface area contributed by atoms with Gasteiger partial charge in [0.15, 0.2) is 0 Å². The van der Waals surface area contributed by atoms with E-state index in [1.54, 1.807) is 0 Å². The standard InChI is InChI=1S/C20H25N3O2S/c1-2-25-17-8-4-3-6-15(17)20(24)23-12-10-22(11-13-23)14-19-21-16-7-5-9-18(16)26-19/h3-4,6,8H,2,5,7,9-14H2,1H3. The van der Waals surface area contributed by atoms with Crippen molar-refractivity contribution in [2.24, 2.45) is 0 Å². The van der Waals surface area contributed by atoms with Crippen LogP contribution in [0.1, 0.15) is 39.3 Å². The van der Waals surface area contributed by atoms with Crippen LogP contribution in [0, 0.1) is 0 Å². The Kier molecular flexibility index (Phi) is 5.22. The number of hydrogen-bond acceptors (Lipinski definition) is 5.